The van der Waals surface area contributed by atoms with Gasteiger partial charge in [0.1, 0.15) is 0 Å². The van der Waals surface area contributed by atoms with Crippen molar-refractivity contribution >= 4 is 23.5 Å². The number of hydrogen-bond acceptors (Lipinski definition) is 6. The highest BCUT2D eigenvalue weighted by Gasteiger charge is 2.31. The van der Waals surface area contributed by atoms with Crippen LogP contribution in [0.5, 0.6) is 0 Å². The molecule has 0 unspecified atom stereocenters. The molecule has 6 heteroatoms. The van der Waals surface area contributed by atoms with Crippen molar-refractivity contribution in [2.45, 2.75) is 13.8 Å². The highest BCUT2D eigenvalue weighted by Crippen LogP contribution is 1.88. The second kappa shape index (κ2) is 5.85. The predicted molar refractivity (Wildman–Crippen MR) is 43.3 cm³/mol. The minimum Gasteiger partial charge on any atom is -0.460 e. The molecule has 0 saturated heterocycles. The molecule has 0 atom stereocenters. The van der Waals surface area contributed by atoms with Gasteiger partial charge >= 0.3 is 23.5 Å². The molecule has 0 aromatic carbocycles. The largest absolute Gasteiger partial charge is 0.460 e. The van der Waals surface area contributed by atoms with Gasteiger partial charge in [-0.3, -0.25) is 9.59 Å². The molecule has 0 aliphatic heterocycles. The Balaban J connectivity index is 4.32. The molecule has 0 bridgehead atoms. The molecule has 0 aromatic heterocycles. The van der Waals surface area contributed by atoms with Crippen LogP contribution in [-0.2, 0) is 28.7 Å². The highest BCUT2D eigenvalue weighted by atomic mass is 16.5. The maximum absolute atomic E-state index is 10.8. The number of ketones is 2. The second-order valence-electron chi connectivity index (χ2n) is 2.10. The van der Waals surface area contributed by atoms with Crippen molar-refractivity contribution in [1.29, 1.82) is 0 Å². The summed E-state index contributed by atoms with van der Waals surface area (Å²) in [7, 11) is 0. The van der Waals surface area contributed by atoms with Crippen LogP contribution in [0.15, 0.2) is 0 Å². The van der Waals surface area contributed by atoms with Crippen molar-refractivity contribution in [3.8, 4) is 0 Å². The Bertz CT molecular complexity index is 239. The van der Waals surface area contributed by atoms with Crippen molar-refractivity contribution < 1.29 is 28.7 Å². The van der Waals surface area contributed by atoms with Crippen molar-refractivity contribution in [2.75, 3.05) is 13.2 Å². The quantitative estimate of drug-likeness (QED) is 0.331. The number of ether oxygens (including phenoxy) is 2. The molecule has 0 fully saturated rings. The summed E-state index contributed by atoms with van der Waals surface area (Å²) in [6.07, 6.45) is 0. The number of carbonyl (C=O) groups excluding carboxylic acids is 4. The molecule has 0 aliphatic rings. The number of carbonyl (C=O) groups is 4. The Morgan fingerprint density at radius 2 is 1.07 bits per heavy atom. The second-order valence-corrected chi connectivity index (χ2v) is 2.10. The fraction of sp³-hybridized carbons (Fsp3) is 0.500. The van der Waals surface area contributed by atoms with E-state index in [2.05, 4.69) is 9.47 Å². The molecule has 0 spiro atoms. The Morgan fingerprint density at radius 1 is 0.786 bits per heavy atom. The van der Waals surface area contributed by atoms with E-state index < -0.39 is 23.5 Å². The maximum atomic E-state index is 10.8. The van der Waals surface area contributed by atoms with E-state index in [1.165, 1.54) is 13.8 Å². The molecular weight excluding hydrogens is 192 g/mol. The molecule has 0 amide bonds. The van der Waals surface area contributed by atoms with E-state index in [1.54, 1.807) is 0 Å². The van der Waals surface area contributed by atoms with Gasteiger partial charge in [0, 0.05) is 0 Å². The zero-order valence-corrected chi connectivity index (χ0v) is 7.86. The molecular formula is C8H10O6. The summed E-state index contributed by atoms with van der Waals surface area (Å²) in [4.78, 5) is 43.0. The lowest BCUT2D eigenvalue weighted by molar-refractivity contribution is -0.163. The van der Waals surface area contributed by atoms with Gasteiger partial charge in [0.15, 0.2) is 0 Å². The Hall–Kier alpha value is -1.72. The lowest BCUT2D eigenvalue weighted by Crippen LogP contribution is -2.33. The van der Waals surface area contributed by atoms with Crippen molar-refractivity contribution in [2.24, 2.45) is 0 Å². The van der Waals surface area contributed by atoms with Gasteiger partial charge in [0.2, 0.25) is 0 Å². The molecule has 0 N–H and O–H groups in total. The minimum atomic E-state index is -1.51. The highest BCUT2D eigenvalue weighted by molar-refractivity contribution is 6.76. The molecule has 0 saturated carbocycles. The van der Waals surface area contributed by atoms with Gasteiger partial charge in [-0.2, -0.15) is 0 Å². The van der Waals surface area contributed by atoms with Gasteiger partial charge in [-0.25, -0.2) is 9.59 Å². The summed E-state index contributed by atoms with van der Waals surface area (Å²) in [5, 5.41) is 0. The molecule has 6 nitrogen and oxygen atoms in total. The third kappa shape index (κ3) is 3.34. The summed E-state index contributed by atoms with van der Waals surface area (Å²) < 4.78 is 8.47. The summed E-state index contributed by atoms with van der Waals surface area (Å²) >= 11 is 0. The fourth-order valence-electron chi connectivity index (χ4n) is 0.579. The average Bonchev–Trinajstić information content (AvgIpc) is 2.16. The van der Waals surface area contributed by atoms with E-state index in [1.807, 2.05) is 0 Å². The number of esters is 2. The monoisotopic (exact) mass is 202 g/mol. The van der Waals surface area contributed by atoms with Crippen LogP contribution in [0.4, 0.5) is 0 Å². The predicted octanol–water partition coefficient (Wildman–Crippen LogP) is -0.749. The van der Waals surface area contributed by atoms with Crippen LogP contribution < -0.4 is 0 Å². The summed E-state index contributed by atoms with van der Waals surface area (Å²) in [6.45, 7) is 2.86. The van der Waals surface area contributed by atoms with E-state index in [0.717, 1.165) is 0 Å². The minimum absolute atomic E-state index is 0.0410. The normalized spacial score (nSPS) is 9.00. The number of hydrogen-bond donors (Lipinski definition) is 0. The van der Waals surface area contributed by atoms with Crippen molar-refractivity contribution in [3.63, 3.8) is 0 Å². The van der Waals surface area contributed by atoms with Gasteiger partial charge in [-0.05, 0) is 13.8 Å². The first-order valence-electron chi connectivity index (χ1n) is 3.97. The van der Waals surface area contributed by atoms with Crippen LogP contribution in [-0.4, -0.2) is 36.7 Å². The molecule has 14 heavy (non-hydrogen) atoms. The fourth-order valence-corrected chi connectivity index (χ4v) is 0.579. The zero-order valence-electron chi connectivity index (χ0n) is 7.86. The lowest BCUT2D eigenvalue weighted by atomic mass is 10.2. The summed E-state index contributed by atoms with van der Waals surface area (Å²) in [6, 6.07) is 0. The van der Waals surface area contributed by atoms with Crippen LogP contribution in [0.25, 0.3) is 0 Å². The molecule has 0 aromatic rings. The Labute approximate surface area is 80.2 Å². The first-order valence-corrected chi connectivity index (χ1v) is 3.97. The third-order valence-electron chi connectivity index (χ3n) is 1.13. The van der Waals surface area contributed by atoms with Crippen LogP contribution in [0.1, 0.15) is 13.8 Å². The summed E-state index contributed by atoms with van der Waals surface area (Å²) in [5.74, 6) is -5.70. The van der Waals surface area contributed by atoms with Gasteiger partial charge in [0.05, 0.1) is 13.2 Å². The number of rotatable bonds is 5. The molecule has 0 heterocycles. The molecule has 78 valence electrons. The van der Waals surface area contributed by atoms with E-state index in [0.29, 0.717) is 0 Å². The molecule has 0 aliphatic carbocycles. The van der Waals surface area contributed by atoms with Crippen LogP contribution in [0.2, 0.25) is 0 Å². The van der Waals surface area contributed by atoms with Crippen LogP contribution in [0.3, 0.4) is 0 Å². The Kier molecular flexibility index (Phi) is 5.13. The zero-order chi connectivity index (χ0) is 11.1. The first kappa shape index (κ1) is 12.3. The van der Waals surface area contributed by atoms with Crippen LogP contribution >= 0.6 is 0 Å². The number of Topliss-reactive ketones (excluding diaryl/α,β-unsaturated/α-hetero) is 2. The summed E-state index contributed by atoms with van der Waals surface area (Å²) in [5.41, 5.74) is 0. The Morgan fingerprint density at radius 3 is 1.29 bits per heavy atom. The van der Waals surface area contributed by atoms with Gasteiger partial charge in [-0.15, -0.1) is 0 Å². The SMILES string of the molecule is CCOC(=O)C(=O)C(=O)C(=O)OCC. The third-order valence-corrected chi connectivity index (χ3v) is 1.13. The van der Waals surface area contributed by atoms with Crippen molar-refractivity contribution in [1.82, 2.24) is 0 Å². The maximum Gasteiger partial charge on any atom is 0.383 e. The molecule has 0 rings (SSSR count). The van der Waals surface area contributed by atoms with Gasteiger partial charge < -0.3 is 9.47 Å². The van der Waals surface area contributed by atoms with E-state index in [-0.39, 0.29) is 13.2 Å². The van der Waals surface area contributed by atoms with E-state index in [4.69, 9.17) is 0 Å². The van der Waals surface area contributed by atoms with E-state index in [9.17, 15) is 19.2 Å². The van der Waals surface area contributed by atoms with Crippen molar-refractivity contribution in [3.05, 3.63) is 0 Å². The van der Waals surface area contributed by atoms with Crippen LogP contribution in [0, 0.1) is 0 Å². The van der Waals surface area contributed by atoms with Gasteiger partial charge in [-0.1, -0.05) is 0 Å². The lowest BCUT2D eigenvalue weighted by Gasteiger charge is -1.99. The topological polar surface area (TPSA) is 86.7 Å². The van der Waals surface area contributed by atoms with E-state index >= 15 is 0 Å². The standard InChI is InChI=1S/C8H10O6/c1-3-13-7(11)5(9)6(10)8(12)14-4-2/h3-4H2,1-2H3. The molecule has 0 radical (unpaired) electrons. The first-order chi connectivity index (χ1) is 6.54. The van der Waals surface area contributed by atoms with Gasteiger partial charge in [0.25, 0.3) is 0 Å². The smallest absolute Gasteiger partial charge is 0.383 e. The average molecular weight is 202 g/mol.